The first-order valence-corrected chi connectivity index (χ1v) is 12.2. The lowest BCUT2D eigenvalue weighted by Crippen LogP contribution is -2.19. The molecule has 0 saturated heterocycles. The number of anilines is 2. The highest BCUT2D eigenvalue weighted by atomic mass is 32.2. The number of para-hydroxylation sites is 2. The van der Waals surface area contributed by atoms with Gasteiger partial charge in [-0.15, -0.1) is 0 Å². The van der Waals surface area contributed by atoms with E-state index in [0.29, 0.717) is 19.8 Å². The molecule has 0 fully saturated rings. The molecular formula is C28H25NO4S. The van der Waals surface area contributed by atoms with Gasteiger partial charge in [0.25, 0.3) is 0 Å². The van der Waals surface area contributed by atoms with E-state index < -0.39 is 5.97 Å². The van der Waals surface area contributed by atoms with Crippen molar-refractivity contribution in [3.05, 3.63) is 89.9 Å². The molecule has 2 heterocycles. The van der Waals surface area contributed by atoms with E-state index in [4.69, 9.17) is 13.9 Å². The quantitative estimate of drug-likeness (QED) is 0.162. The smallest absolute Gasteiger partial charge is 0.373 e. The highest BCUT2D eigenvalue weighted by Crippen LogP contribution is 2.48. The van der Waals surface area contributed by atoms with Crippen LogP contribution in [0.25, 0.3) is 17.0 Å². The van der Waals surface area contributed by atoms with Gasteiger partial charge in [0.1, 0.15) is 11.3 Å². The molecule has 0 amide bonds. The summed E-state index contributed by atoms with van der Waals surface area (Å²) >= 11 is 1.79. The molecule has 0 spiro atoms. The van der Waals surface area contributed by atoms with E-state index in [9.17, 15) is 4.79 Å². The molecule has 0 aliphatic carbocycles. The summed E-state index contributed by atoms with van der Waals surface area (Å²) in [6.07, 6.45) is 1.71. The maximum absolute atomic E-state index is 12.2. The summed E-state index contributed by atoms with van der Waals surface area (Å²) < 4.78 is 16.8. The van der Waals surface area contributed by atoms with Crippen molar-refractivity contribution < 1.29 is 18.7 Å². The number of rotatable bonds is 7. The maximum atomic E-state index is 12.2. The summed E-state index contributed by atoms with van der Waals surface area (Å²) in [6, 6.07) is 24.8. The van der Waals surface area contributed by atoms with Crippen LogP contribution in [0.1, 0.15) is 25.2 Å². The highest BCUT2D eigenvalue weighted by molar-refractivity contribution is 7.99. The molecule has 1 aliphatic rings. The van der Waals surface area contributed by atoms with Crippen molar-refractivity contribution in [2.24, 2.45) is 0 Å². The van der Waals surface area contributed by atoms with E-state index in [1.807, 2.05) is 25.1 Å². The zero-order chi connectivity index (χ0) is 23.5. The van der Waals surface area contributed by atoms with E-state index in [1.165, 1.54) is 21.2 Å². The summed E-state index contributed by atoms with van der Waals surface area (Å²) in [5, 5.41) is 0.969. The molecule has 0 saturated carbocycles. The van der Waals surface area contributed by atoms with E-state index in [1.54, 1.807) is 24.8 Å². The Morgan fingerprint density at radius 3 is 2.26 bits per heavy atom. The molecule has 172 valence electrons. The van der Waals surface area contributed by atoms with Gasteiger partial charge in [0, 0.05) is 15.2 Å². The largest absolute Gasteiger partial charge is 0.487 e. The fourth-order valence-electron chi connectivity index (χ4n) is 4.06. The minimum atomic E-state index is -0.461. The van der Waals surface area contributed by atoms with E-state index >= 15 is 0 Å². The summed E-state index contributed by atoms with van der Waals surface area (Å²) in [6.45, 7) is 4.92. The summed E-state index contributed by atoms with van der Waals surface area (Å²) in [7, 11) is 0. The molecule has 0 unspecified atom stereocenters. The predicted octanol–water partition coefficient (Wildman–Crippen LogP) is 7.18. The first kappa shape index (κ1) is 22.2. The third-order valence-corrected chi connectivity index (χ3v) is 6.64. The Labute approximate surface area is 203 Å². The van der Waals surface area contributed by atoms with Crippen LogP contribution < -0.4 is 4.90 Å². The number of carbonyl (C=O) groups excluding carboxylic acids is 1. The van der Waals surface area contributed by atoms with Crippen LogP contribution in [0.2, 0.25) is 0 Å². The average Bonchev–Trinajstić information content (AvgIpc) is 3.25. The van der Waals surface area contributed by atoms with Gasteiger partial charge in [-0.3, -0.25) is 0 Å². The van der Waals surface area contributed by atoms with Crippen LogP contribution in [0.3, 0.4) is 0 Å². The van der Waals surface area contributed by atoms with Gasteiger partial charge in [-0.2, -0.15) is 0 Å². The molecule has 34 heavy (non-hydrogen) atoms. The van der Waals surface area contributed by atoms with Crippen LogP contribution >= 0.6 is 11.8 Å². The molecule has 1 aromatic heterocycles. The van der Waals surface area contributed by atoms with Gasteiger partial charge in [-0.25, -0.2) is 4.79 Å². The lowest BCUT2D eigenvalue weighted by molar-refractivity contribution is -0.142. The number of hydrogen-bond acceptors (Lipinski definition) is 6. The van der Waals surface area contributed by atoms with Gasteiger partial charge < -0.3 is 18.8 Å². The number of benzene rings is 3. The van der Waals surface area contributed by atoms with Crippen molar-refractivity contribution in [2.75, 3.05) is 18.1 Å². The van der Waals surface area contributed by atoms with Gasteiger partial charge in [0.15, 0.2) is 0 Å². The SMILES string of the molecule is CCOC(=O)/C(=C\c1ccc2oc(CN3c4ccccc4Sc4ccccc43)cc2c1)OCC. The van der Waals surface area contributed by atoms with Crippen molar-refractivity contribution in [1.29, 1.82) is 0 Å². The number of hydrogen-bond donors (Lipinski definition) is 0. The average molecular weight is 472 g/mol. The Kier molecular flexibility index (Phi) is 6.32. The van der Waals surface area contributed by atoms with Crippen LogP contribution in [-0.2, 0) is 20.8 Å². The Bertz CT molecular complexity index is 1330. The minimum Gasteiger partial charge on any atom is -0.487 e. The summed E-state index contributed by atoms with van der Waals surface area (Å²) in [5.41, 5.74) is 3.99. The Balaban J connectivity index is 1.46. The highest BCUT2D eigenvalue weighted by Gasteiger charge is 2.24. The van der Waals surface area contributed by atoms with Gasteiger partial charge in [-0.1, -0.05) is 42.1 Å². The van der Waals surface area contributed by atoms with Gasteiger partial charge in [0.05, 0.1) is 31.1 Å². The lowest BCUT2D eigenvalue weighted by Gasteiger charge is -2.32. The van der Waals surface area contributed by atoms with Crippen LogP contribution in [0.4, 0.5) is 11.4 Å². The fourth-order valence-corrected chi connectivity index (χ4v) is 5.16. The number of nitrogens with zero attached hydrogens (tertiary/aromatic N) is 1. The van der Waals surface area contributed by atoms with Crippen molar-refractivity contribution >= 4 is 46.2 Å². The zero-order valence-corrected chi connectivity index (χ0v) is 19.9. The third kappa shape index (κ3) is 4.41. The minimum absolute atomic E-state index is 0.200. The number of carbonyl (C=O) groups is 1. The predicted molar refractivity (Wildman–Crippen MR) is 135 cm³/mol. The normalized spacial score (nSPS) is 12.9. The van der Waals surface area contributed by atoms with Crippen LogP contribution in [0, 0.1) is 0 Å². The summed E-state index contributed by atoms with van der Waals surface area (Å²) in [4.78, 5) is 16.9. The molecule has 6 heteroatoms. The van der Waals surface area contributed by atoms with Gasteiger partial charge in [0.2, 0.25) is 5.76 Å². The van der Waals surface area contributed by atoms with Crippen molar-refractivity contribution in [3.8, 4) is 0 Å². The van der Waals surface area contributed by atoms with Crippen LogP contribution in [0.15, 0.2) is 92.8 Å². The van der Waals surface area contributed by atoms with Gasteiger partial charge in [-0.05, 0) is 68.0 Å². The molecule has 4 aromatic rings. The molecule has 0 bridgehead atoms. The first-order valence-electron chi connectivity index (χ1n) is 11.3. The second-order valence-corrected chi connectivity index (χ2v) is 8.88. The monoisotopic (exact) mass is 471 g/mol. The van der Waals surface area contributed by atoms with Gasteiger partial charge >= 0.3 is 5.97 Å². The number of furan rings is 1. The standard InChI is InChI=1S/C28H25NO4S/c1-3-31-25(28(30)32-4-2)16-19-13-14-24-20(15-19)17-21(33-24)18-29-22-9-5-7-11-26(22)34-27-12-8-6-10-23(27)29/h5-17H,3-4,18H2,1-2H3/b25-16+. The number of ether oxygens (including phenoxy) is 2. The molecule has 3 aromatic carbocycles. The van der Waals surface area contributed by atoms with Crippen molar-refractivity contribution in [1.82, 2.24) is 0 Å². The molecule has 1 aliphatic heterocycles. The second-order valence-electron chi connectivity index (χ2n) is 7.80. The lowest BCUT2D eigenvalue weighted by atomic mass is 10.1. The van der Waals surface area contributed by atoms with E-state index in [2.05, 4.69) is 59.5 Å². The Hall–Kier alpha value is -3.64. The summed E-state index contributed by atoms with van der Waals surface area (Å²) in [5.74, 6) is 0.604. The van der Waals surface area contributed by atoms with E-state index in [-0.39, 0.29) is 5.76 Å². The Morgan fingerprint density at radius 1 is 0.912 bits per heavy atom. The third-order valence-electron chi connectivity index (χ3n) is 5.51. The molecule has 5 nitrogen and oxygen atoms in total. The van der Waals surface area contributed by atoms with Crippen LogP contribution in [0.5, 0.6) is 0 Å². The molecule has 0 radical (unpaired) electrons. The molecule has 0 atom stereocenters. The molecule has 5 rings (SSSR count). The first-order chi connectivity index (χ1) is 16.7. The zero-order valence-electron chi connectivity index (χ0n) is 19.1. The van der Waals surface area contributed by atoms with Crippen LogP contribution in [-0.4, -0.2) is 19.2 Å². The fraction of sp³-hybridized carbons (Fsp3) is 0.179. The topological polar surface area (TPSA) is 51.9 Å². The van der Waals surface area contributed by atoms with E-state index in [0.717, 1.165) is 22.3 Å². The van der Waals surface area contributed by atoms with Crippen molar-refractivity contribution in [3.63, 3.8) is 0 Å². The molecular weight excluding hydrogens is 446 g/mol. The van der Waals surface area contributed by atoms with Crippen molar-refractivity contribution in [2.45, 2.75) is 30.2 Å². The second kappa shape index (κ2) is 9.69. The number of fused-ring (bicyclic) bond motifs is 3. The Morgan fingerprint density at radius 2 is 1.59 bits per heavy atom. The maximum Gasteiger partial charge on any atom is 0.373 e. The molecule has 0 N–H and O–H groups in total. The number of esters is 1.